The third-order valence-corrected chi connectivity index (χ3v) is 2.24. The molecule has 92 valence electrons. The van der Waals surface area contributed by atoms with Crippen molar-refractivity contribution in [2.45, 2.75) is 0 Å². The van der Waals surface area contributed by atoms with Gasteiger partial charge in [0.2, 0.25) is 5.91 Å². The fourth-order valence-corrected chi connectivity index (χ4v) is 1.25. The van der Waals surface area contributed by atoms with Gasteiger partial charge in [0, 0.05) is 25.5 Å². The van der Waals surface area contributed by atoms with Crippen LogP contribution < -0.4 is 15.5 Å². The number of alkyl halides is 1. The number of benzene rings is 1. The third kappa shape index (κ3) is 4.32. The minimum absolute atomic E-state index is 0.245. The molecule has 1 aromatic rings. The van der Waals surface area contributed by atoms with Crippen LogP contribution in [-0.2, 0) is 4.79 Å². The van der Waals surface area contributed by atoms with Crippen LogP contribution in [0.4, 0.5) is 16.2 Å². The van der Waals surface area contributed by atoms with E-state index in [4.69, 9.17) is 11.6 Å². The Bertz CT molecular complexity index is 421. The lowest BCUT2D eigenvalue weighted by atomic mass is 10.2. The van der Waals surface area contributed by atoms with Crippen molar-refractivity contribution in [2.75, 3.05) is 30.2 Å². The van der Waals surface area contributed by atoms with Gasteiger partial charge < -0.3 is 10.2 Å². The molecule has 0 aromatic heterocycles. The summed E-state index contributed by atoms with van der Waals surface area (Å²) < 4.78 is 0. The normalized spacial score (nSPS) is 9.59. The minimum atomic E-state index is -0.591. The molecule has 0 aliphatic heterocycles. The lowest BCUT2D eigenvalue weighted by molar-refractivity contribution is -0.117. The van der Waals surface area contributed by atoms with Crippen molar-refractivity contribution in [1.29, 1.82) is 0 Å². The maximum atomic E-state index is 11.3. The van der Waals surface area contributed by atoms with E-state index in [-0.39, 0.29) is 5.88 Å². The van der Waals surface area contributed by atoms with Crippen LogP contribution in [-0.4, -0.2) is 31.9 Å². The number of halogens is 1. The van der Waals surface area contributed by atoms with E-state index in [0.717, 1.165) is 5.69 Å². The first-order chi connectivity index (χ1) is 8.02. The highest BCUT2D eigenvalue weighted by Crippen LogP contribution is 2.16. The van der Waals surface area contributed by atoms with Crippen LogP contribution in [0.1, 0.15) is 0 Å². The van der Waals surface area contributed by atoms with Gasteiger partial charge in [-0.15, -0.1) is 11.6 Å². The fraction of sp³-hybridized carbons (Fsp3) is 0.273. The molecule has 0 aliphatic carbocycles. The Hall–Kier alpha value is -1.75. The number of nitrogens with zero attached hydrogens (tertiary/aromatic N) is 1. The Balaban J connectivity index is 2.65. The topological polar surface area (TPSA) is 61.4 Å². The van der Waals surface area contributed by atoms with Crippen molar-refractivity contribution >= 4 is 34.9 Å². The predicted octanol–water partition coefficient (Wildman–Crippen LogP) is 1.64. The highest BCUT2D eigenvalue weighted by Gasteiger charge is 2.06. The first kappa shape index (κ1) is 13.3. The highest BCUT2D eigenvalue weighted by atomic mass is 35.5. The van der Waals surface area contributed by atoms with Crippen LogP contribution in [0.2, 0.25) is 0 Å². The zero-order valence-electron chi connectivity index (χ0n) is 9.66. The van der Waals surface area contributed by atoms with Gasteiger partial charge in [0.05, 0.1) is 0 Å². The standard InChI is InChI=1S/C11H14ClN3O2/c1-15(2)9-5-3-4-8(6-9)13-11(17)14-10(16)7-12/h3-6H,7H2,1-2H3,(H2,13,14,16,17). The Morgan fingerprint density at radius 1 is 1.35 bits per heavy atom. The molecule has 0 fully saturated rings. The Kier molecular flexibility index (Phi) is 4.78. The Morgan fingerprint density at radius 3 is 2.65 bits per heavy atom. The molecule has 0 aliphatic rings. The third-order valence-electron chi connectivity index (χ3n) is 1.99. The summed E-state index contributed by atoms with van der Waals surface area (Å²) in [5, 5.41) is 4.64. The quantitative estimate of drug-likeness (QED) is 0.808. The SMILES string of the molecule is CN(C)c1cccc(NC(=O)NC(=O)CCl)c1. The number of rotatable bonds is 3. The molecule has 0 saturated heterocycles. The number of carbonyl (C=O) groups excluding carboxylic acids is 2. The van der Waals surface area contributed by atoms with Crippen molar-refractivity contribution in [1.82, 2.24) is 5.32 Å². The van der Waals surface area contributed by atoms with Crippen molar-refractivity contribution < 1.29 is 9.59 Å². The number of urea groups is 1. The predicted molar refractivity (Wildman–Crippen MR) is 68.7 cm³/mol. The zero-order valence-corrected chi connectivity index (χ0v) is 10.4. The minimum Gasteiger partial charge on any atom is -0.378 e. The van der Waals surface area contributed by atoms with Crippen LogP contribution in [0.3, 0.4) is 0 Å². The number of carbonyl (C=O) groups is 2. The van der Waals surface area contributed by atoms with Gasteiger partial charge in [-0.25, -0.2) is 4.79 Å². The molecule has 1 rings (SSSR count). The van der Waals surface area contributed by atoms with E-state index in [0.29, 0.717) is 5.69 Å². The number of amides is 3. The van der Waals surface area contributed by atoms with Crippen LogP contribution in [0.5, 0.6) is 0 Å². The van der Waals surface area contributed by atoms with E-state index in [1.807, 2.05) is 31.1 Å². The molecule has 0 atom stereocenters. The number of imide groups is 1. The van der Waals surface area contributed by atoms with Gasteiger partial charge in [0.25, 0.3) is 0 Å². The Morgan fingerprint density at radius 2 is 2.06 bits per heavy atom. The molecular formula is C11H14ClN3O2. The lowest BCUT2D eigenvalue weighted by Crippen LogP contribution is -2.35. The first-order valence-electron chi connectivity index (χ1n) is 4.97. The summed E-state index contributed by atoms with van der Waals surface area (Å²) in [6.07, 6.45) is 0. The van der Waals surface area contributed by atoms with Gasteiger partial charge in [0.1, 0.15) is 5.88 Å². The highest BCUT2D eigenvalue weighted by molar-refractivity contribution is 6.28. The molecule has 1 aromatic carbocycles. The number of nitrogens with one attached hydrogen (secondary N) is 2. The molecule has 0 saturated carbocycles. The van der Waals surface area contributed by atoms with E-state index < -0.39 is 11.9 Å². The maximum absolute atomic E-state index is 11.3. The van der Waals surface area contributed by atoms with Crippen LogP contribution >= 0.6 is 11.6 Å². The summed E-state index contributed by atoms with van der Waals surface area (Å²) in [4.78, 5) is 24.1. The van der Waals surface area contributed by atoms with Gasteiger partial charge in [0.15, 0.2) is 0 Å². The molecule has 3 amide bonds. The molecule has 2 N–H and O–H groups in total. The summed E-state index contributed by atoms with van der Waals surface area (Å²) >= 11 is 5.27. The van der Waals surface area contributed by atoms with E-state index in [1.165, 1.54) is 0 Å². The molecule has 0 unspecified atom stereocenters. The van der Waals surface area contributed by atoms with Crippen molar-refractivity contribution in [3.05, 3.63) is 24.3 Å². The average molecular weight is 256 g/mol. The van der Waals surface area contributed by atoms with E-state index in [1.54, 1.807) is 12.1 Å². The molecule has 0 radical (unpaired) electrons. The second-order valence-corrected chi connectivity index (χ2v) is 3.85. The van der Waals surface area contributed by atoms with E-state index >= 15 is 0 Å². The largest absolute Gasteiger partial charge is 0.378 e. The molecule has 17 heavy (non-hydrogen) atoms. The van der Waals surface area contributed by atoms with Gasteiger partial charge in [-0.3, -0.25) is 10.1 Å². The summed E-state index contributed by atoms with van der Waals surface area (Å²) in [5.41, 5.74) is 1.56. The Labute approximate surface area is 105 Å². The molecule has 0 heterocycles. The number of hydrogen-bond donors (Lipinski definition) is 2. The molecular weight excluding hydrogens is 242 g/mol. The molecule has 0 bridgehead atoms. The fourth-order valence-electron chi connectivity index (χ4n) is 1.18. The van der Waals surface area contributed by atoms with Gasteiger partial charge in [-0.05, 0) is 18.2 Å². The second-order valence-electron chi connectivity index (χ2n) is 3.58. The average Bonchev–Trinajstić information content (AvgIpc) is 2.28. The second kappa shape index (κ2) is 6.10. The number of anilines is 2. The smallest absolute Gasteiger partial charge is 0.325 e. The first-order valence-corrected chi connectivity index (χ1v) is 5.50. The van der Waals surface area contributed by atoms with Crippen molar-refractivity contribution in [3.8, 4) is 0 Å². The molecule has 0 spiro atoms. The van der Waals surface area contributed by atoms with Gasteiger partial charge in [-0.2, -0.15) is 0 Å². The zero-order chi connectivity index (χ0) is 12.8. The summed E-state index contributed by atoms with van der Waals surface area (Å²) in [6.45, 7) is 0. The van der Waals surface area contributed by atoms with Crippen molar-refractivity contribution in [3.63, 3.8) is 0 Å². The maximum Gasteiger partial charge on any atom is 0.325 e. The van der Waals surface area contributed by atoms with Crippen LogP contribution in [0.25, 0.3) is 0 Å². The van der Waals surface area contributed by atoms with Gasteiger partial charge in [-0.1, -0.05) is 6.07 Å². The number of hydrogen-bond acceptors (Lipinski definition) is 3. The summed E-state index contributed by atoms with van der Waals surface area (Å²) in [6, 6.07) is 6.66. The molecule has 6 heteroatoms. The van der Waals surface area contributed by atoms with Crippen molar-refractivity contribution in [2.24, 2.45) is 0 Å². The summed E-state index contributed by atoms with van der Waals surface area (Å²) in [5.74, 6) is -0.779. The monoisotopic (exact) mass is 255 g/mol. The van der Waals surface area contributed by atoms with Crippen LogP contribution in [0, 0.1) is 0 Å². The van der Waals surface area contributed by atoms with Crippen LogP contribution in [0.15, 0.2) is 24.3 Å². The lowest BCUT2D eigenvalue weighted by Gasteiger charge is -2.13. The van der Waals surface area contributed by atoms with E-state index in [9.17, 15) is 9.59 Å². The summed E-state index contributed by atoms with van der Waals surface area (Å²) in [7, 11) is 3.80. The molecule has 5 nitrogen and oxygen atoms in total. The van der Waals surface area contributed by atoms with Gasteiger partial charge >= 0.3 is 6.03 Å². The van der Waals surface area contributed by atoms with E-state index in [2.05, 4.69) is 10.6 Å².